The number of nitrogens with two attached hydrogens (primary N) is 1. The maximum atomic E-state index is 14.3. The number of fused-ring (bicyclic) bond motifs is 1. The summed E-state index contributed by atoms with van der Waals surface area (Å²) in [6.45, 7) is 0. The molecule has 1 saturated carbocycles. The third-order valence-electron chi connectivity index (χ3n) is 4.94. The number of halogens is 2. The molecule has 0 unspecified atom stereocenters. The molecule has 3 heterocycles. The van der Waals surface area contributed by atoms with Gasteiger partial charge in [-0.1, -0.05) is 24.4 Å². The molecule has 1 amide bonds. The van der Waals surface area contributed by atoms with Crippen LogP contribution in [0.5, 0.6) is 0 Å². The highest BCUT2D eigenvalue weighted by atomic mass is 35.5. The van der Waals surface area contributed by atoms with Gasteiger partial charge in [0.1, 0.15) is 5.65 Å². The van der Waals surface area contributed by atoms with Gasteiger partial charge in [-0.2, -0.15) is 0 Å². The van der Waals surface area contributed by atoms with Gasteiger partial charge in [-0.05, 0) is 18.9 Å². The van der Waals surface area contributed by atoms with Gasteiger partial charge in [-0.15, -0.1) is 0 Å². The second-order valence-corrected chi connectivity index (χ2v) is 7.12. The van der Waals surface area contributed by atoms with Crippen molar-refractivity contribution in [2.75, 3.05) is 5.32 Å². The number of primary amides is 1. The zero-order chi connectivity index (χ0) is 19.0. The first kappa shape index (κ1) is 17.7. The molecule has 2 atom stereocenters. The second-order valence-electron chi connectivity index (χ2n) is 6.69. The van der Waals surface area contributed by atoms with Crippen LogP contribution in [0.4, 0.5) is 10.2 Å². The van der Waals surface area contributed by atoms with Crippen LogP contribution in [-0.2, 0) is 4.79 Å². The van der Waals surface area contributed by atoms with Crippen molar-refractivity contribution in [3.63, 3.8) is 0 Å². The lowest BCUT2D eigenvalue weighted by atomic mass is 9.84. The summed E-state index contributed by atoms with van der Waals surface area (Å²) in [6, 6.07) is 1.51. The summed E-state index contributed by atoms with van der Waals surface area (Å²) in [5.41, 5.74) is 6.81. The minimum absolute atomic E-state index is 0.0579. The first-order chi connectivity index (χ1) is 13.0. The molecule has 140 valence electrons. The summed E-state index contributed by atoms with van der Waals surface area (Å²) in [6.07, 6.45) is 7.68. The predicted molar refractivity (Wildman–Crippen MR) is 101 cm³/mol. The Bertz CT molecular complexity index is 1010. The predicted octanol–water partition coefficient (Wildman–Crippen LogP) is 3.27. The normalized spacial score (nSPS) is 19.9. The van der Waals surface area contributed by atoms with E-state index in [1.165, 1.54) is 6.20 Å². The number of rotatable bonds is 4. The molecular weight excluding hydrogens is 371 g/mol. The van der Waals surface area contributed by atoms with Gasteiger partial charge in [0.2, 0.25) is 5.91 Å². The molecule has 4 rings (SSSR count). The molecule has 0 radical (unpaired) electrons. The molecule has 1 aliphatic carbocycles. The van der Waals surface area contributed by atoms with Crippen molar-refractivity contribution >= 4 is 34.4 Å². The number of H-pyrrole nitrogens is 1. The zero-order valence-corrected chi connectivity index (χ0v) is 15.1. The van der Waals surface area contributed by atoms with Crippen molar-refractivity contribution in [1.29, 1.82) is 0 Å². The number of carbonyl (C=O) groups is 1. The topological polar surface area (TPSA) is 110 Å². The van der Waals surface area contributed by atoms with E-state index in [0.717, 1.165) is 30.8 Å². The van der Waals surface area contributed by atoms with Crippen molar-refractivity contribution in [1.82, 2.24) is 19.9 Å². The van der Waals surface area contributed by atoms with Crippen LogP contribution >= 0.6 is 11.6 Å². The molecule has 3 aromatic rings. The van der Waals surface area contributed by atoms with E-state index in [1.807, 2.05) is 0 Å². The maximum Gasteiger partial charge on any atom is 0.222 e. The Labute approximate surface area is 159 Å². The van der Waals surface area contributed by atoms with Gasteiger partial charge >= 0.3 is 0 Å². The highest BCUT2D eigenvalue weighted by Crippen LogP contribution is 2.30. The number of aromatic amines is 1. The lowest BCUT2D eigenvalue weighted by molar-refractivity contribution is -0.122. The Morgan fingerprint density at radius 1 is 1.30 bits per heavy atom. The van der Waals surface area contributed by atoms with Crippen LogP contribution in [-0.4, -0.2) is 31.9 Å². The maximum absolute atomic E-state index is 14.3. The van der Waals surface area contributed by atoms with Gasteiger partial charge in [0.25, 0.3) is 0 Å². The molecule has 0 spiro atoms. The minimum Gasteiger partial charge on any atom is -0.369 e. The fourth-order valence-corrected chi connectivity index (χ4v) is 3.74. The largest absolute Gasteiger partial charge is 0.369 e. The number of anilines is 1. The van der Waals surface area contributed by atoms with Crippen molar-refractivity contribution in [3.05, 3.63) is 35.5 Å². The standard InChI is InChI=1S/C18H18ClFN6O/c19-9-5-11-12(7-23-16(11)22-6-9)17-24-8-13(20)18(26-17)25-14-4-2-1-3-10(14)15(21)27/h5-8,10,14H,1-4H2,(H2,21,27)(H,22,23)(H,24,25,26)/t10-,14-/m0/s1. The summed E-state index contributed by atoms with van der Waals surface area (Å²) in [5, 5.41) is 4.29. The Morgan fingerprint density at radius 2 is 2.11 bits per heavy atom. The Hall–Kier alpha value is -2.74. The fourth-order valence-electron chi connectivity index (χ4n) is 3.58. The van der Waals surface area contributed by atoms with E-state index in [4.69, 9.17) is 17.3 Å². The fraction of sp³-hybridized carbons (Fsp3) is 0.333. The molecule has 1 fully saturated rings. The average Bonchev–Trinajstić information content (AvgIpc) is 3.07. The van der Waals surface area contributed by atoms with Crippen LogP contribution in [0, 0.1) is 11.7 Å². The van der Waals surface area contributed by atoms with E-state index >= 15 is 0 Å². The van der Waals surface area contributed by atoms with E-state index in [2.05, 4.69) is 25.3 Å². The number of carbonyl (C=O) groups excluding carboxylic acids is 1. The number of nitrogens with one attached hydrogen (secondary N) is 2. The molecule has 4 N–H and O–H groups in total. The van der Waals surface area contributed by atoms with E-state index in [1.54, 1.807) is 12.3 Å². The first-order valence-electron chi connectivity index (χ1n) is 8.74. The minimum atomic E-state index is -0.580. The number of aromatic nitrogens is 4. The van der Waals surface area contributed by atoms with Crippen molar-refractivity contribution < 1.29 is 9.18 Å². The molecule has 9 heteroatoms. The summed E-state index contributed by atoms with van der Waals surface area (Å²) in [5.74, 6) is -0.904. The third kappa shape index (κ3) is 3.44. The number of hydrogen-bond acceptors (Lipinski definition) is 5. The second kappa shape index (κ2) is 7.11. The van der Waals surface area contributed by atoms with Crippen molar-refractivity contribution in [3.8, 4) is 11.4 Å². The van der Waals surface area contributed by atoms with Gasteiger partial charge in [-0.3, -0.25) is 4.79 Å². The van der Waals surface area contributed by atoms with Crippen LogP contribution in [0.3, 0.4) is 0 Å². The van der Waals surface area contributed by atoms with Crippen LogP contribution in [0.15, 0.2) is 24.7 Å². The summed E-state index contributed by atoms with van der Waals surface area (Å²) < 4.78 is 14.3. The monoisotopic (exact) mass is 388 g/mol. The highest BCUT2D eigenvalue weighted by molar-refractivity contribution is 6.31. The molecule has 0 aromatic carbocycles. The van der Waals surface area contributed by atoms with Gasteiger partial charge in [0, 0.05) is 29.4 Å². The van der Waals surface area contributed by atoms with Crippen LogP contribution in [0.1, 0.15) is 25.7 Å². The van der Waals surface area contributed by atoms with Gasteiger partial charge in [0.15, 0.2) is 17.5 Å². The Morgan fingerprint density at radius 3 is 2.93 bits per heavy atom. The van der Waals surface area contributed by atoms with Crippen LogP contribution < -0.4 is 11.1 Å². The number of amides is 1. The van der Waals surface area contributed by atoms with Crippen molar-refractivity contribution in [2.45, 2.75) is 31.7 Å². The van der Waals surface area contributed by atoms with E-state index in [9.17, 15) is 9.18 Å². The molecule has 27 heavy (non-hydrogen) atoms. The lowest BCUT2D eigenvalue weighted by Gasteiger charge is -2.30. The Balaban J connectivity index is 1.69. The molecule has 0 bridgehead atoms. The molecule has 0 saturated heterocycles. The van der Waals surface area contributed by atoms with Crippen LogP contribution in [0.25, 0.3) is 22.4 Å². The molecule has 3 aromatic heterocycles. The van der Waals surface area contributed by atoms with E-state index in [0.29, 0.717) is 28.5 Å². The lowest BCUT2D eigenvalue weighted by Crippen LogP contribution is -2.40. The highest BCUT2D eigenvalue weighted by Gasteiger charge is 2.30. The number of pyridine rings is 1. The van der Waals surface area contributed by atoms with E-state index in [-0.39, 0.29) is 23.7 Å². The summed E-state index contributed by atoms with van der Waals surface area (Å²) in [4.78, 5) is 27.4. The van der Waals surface area contributed by atoms with Gasteiger partial charge in [-0.25, -0.2) is 19.3 Å². The molecular formula is C18H18ClFN6O. The molecule has 7 nitrogen and oxygen atoms in total. The smallest absolute Gasteiger partial charge is 0.222 e. The first-order valence-corrected chi connectivity index (χ1v) is 9.12. The SMILES string of the molecule is NC(=O)[C@H]1CCCC[C@@H]1Nc1nc(-c2c[nH]c3ncc(Cl)cc23)ncc1F. The molecule has 1 aliphatic rings. The van der Waals surface area contributed by atoms with Gasteiger partial charge in [0.05, 0.1) is 17.1 Å². The average molecular weight is 389 g/mol. The van der Waals surface area contributed by atoms with Crippen LogP contribution in [0.2, 0.25) is 5.02 Å². The quantitative estimate of drug-likeness (QED) is 0.635. The van der Waals surface area contributed by atoms with Crippen molar-refractivity contribution in [2.24, 2.45) is 11.7 Å². The number of hydrogen-bond donors (Lipinski definition) is 3. The molecule has 0 aliphatic heterocycles. The third-order valence-corrected chi connectivity index (χ3v) is 5.14. The Kier molecular flexibility index (Phi) is 4.65. The summed E-state index contributed by atoms with van der Waals surface area (Å²) >= 11 is 6.03. The number of nitrogens with zero attached hydrogens (tertiary/aromatic N) is 3. The zero-order valence-electron chi connectivity index (χ0n) is 14.4. The van der Waals surface area contributed by atoms with E-state index < -0.39 is 5.82 Å². The summed E-state index contributed by atoms with van der Waals surface area (Å²) in [7, 11) is 0. The van der Waals surface area contributed by atoms with Gasteiger partial charge < -0.3 is 16.0 Å².